The van der Waals surface area contributed by atoms with E-state index >= 15 is 0 Å². The summed E-state index contributed by atoms with van der Waals surface area (Å²) >= 11 is 0. The first-order chi connectivity index (χ1) is 6.88. The highest BCUT2D eigenvalue weighted by Crippen LogP contribution is 2.12. The maximum Gasteiger partial charge on any atom is 0.227 e. The zero-order valence-corrected chi connectivity index (χ0v) is 8.59. The van der Waals surface area contributed by atoms with Crippen LogP contribution in [0.5, 0.6) is 0 Å². The first kappa shape index (κ1) is 9.93. The van der Waals surface area contributed by atoms with Crippen LogP contribution >= 0.6 is 0 Å². The number of nitrogens with one attached hydrogen (secondary N) is 2. The number of hydrogen-bond acceptors (Lipinski definition) is 3. The van der Waals surface area contributed by atoms with E-state index in [1.807, 2.05) is 4.90 Å². The minimum absolute atomic E-state index is 0.244. The van der Waals surface area contributed by atoms with Crippen molar-refractivity contribution in [1.82, 2.24) is 15.5 Å². The molecule has 0 saturated carbocycles. The number of carbonyl (C=O) groups is 1. The number of rotatable bonds is 1. The maximum absolute atomic E-state index is 12.0. The van der Waals surface area contributed by atoms with E-state index in [0.717, 1.165) is 52.1 Å². The van der Waals surface area contributed by atoms with Crippen LogP contribution in [0.25, 0.3) is 0 Å². The fraction of sp³-hybridized carbons (Fsp3) is 0.900. The molecule has 0 aromatic rings. The normalized spacial score (nSPS) is 28.9. The lowest BCUT2D eigenvalue weighted by Gasteiger charge is -2.23. The van der Waals surface area contributed by atoms with Crippen molar-refractivity contribution in [2.24, 2.45) is 5.92 Å². The fourth-order valence-electron chi connectivity index (χ4n) is 2.19. The molecule has 0 aromatic heterocycles. The molecule has 2 fully saturated rings. The van der Waals surface area contributed by atoms with Gasteiger partial charge in [-0.25, -0.2) is 0 Å². The molecule has 14 heavy (non-hydrogen) atoms. The Morgan fingerprint density at radius 1 is 1.14 bits per heavy atom. The molecule has 0 radical (unpaired) electrons. The van der Waals surface area contributed by atoms with Crippen molar-refractivity contribution in [2.45, 2.75) is 12.8 Å². The molecule has 1 unspecified atom stereocenters. The minimum atomic E-state index is 0.244. The van der Waals surface area contributed by atoms with Crippen LogP contribution in [0.2, 0.25) is 0 Å². The molecule has 4 heteroatoms. The van der Waals surface area contributed by atoms with Crippen LogP contribution in [0.15, 0.2) is 0 Å². The molecule has 2 rings (SSSR count). The zero-order valence-electron chi connectivity index (χ0n) is 8.59. The molecule has 0 aromatic carbocycles. The van der Waals surface area contributed by atoms with E-state index in [1.54, 1.807) is 0 Å². The molecule has 80 valence electrons. The lowest BCUT2D eigenvalue weighted by Crippen LogP contribution is -2.39. The molecule has 0 aliphatic carbocycles. The average Bonchev–Trinajstić information content (AvgIpc) is 2.59. The van der Waals surface area contributed by atoms with Gasteiger partial charge in [-0.3, -0.25) is 4.79 Å². The predicted octanol–water partition coefficient (Wildman–Crippen LogP) is -0.582. The molecule has 1 atom stereocenters. The van der Waals surface area contributed by atoms with E-state index in [4.69, 9.17) is 0 Å². The van der Waals surface area contributed by atoms with Crippen molar-refractivity contribution >= 4 is 5.91 Å². The van der Waals surface area contributed by atoms with Crippen LogP contribution < -0.4 is 10.6 Å². The van der Waals surface area contributed by atoms with Gasteiger partial charge in [-0.05, 0) is 25.9 Å². The minimum Gasteiger partial charge on any atom is -0.341 e. The van der Waals surface area contributed by atoms with E-state index < -0.39 is 0 Å². The van der Waals surface area contributed by atoms with Crippen molar-refractivity contribution in [3.63, 3.8) is 0 Å². The summed E-state index contributed by atoms with van der Waals surface area (Å²) in [5, 5.41) is 6.56. The SMILES string of the molecule is O=C(C1CCNC1)N1CCCNCC1. The lowest BCUT2D eigenvalue weighted by molar-refractivity contribution is -0.134. The smallest absolute Gasteiger partial charge is 0.227 e. The molecular weight excluding hydrogens is 178 g/mol. The Labute approximate surface area is 85.0 Å². The van der Waals surface area contributed by atoms with Crippen LogP contribution in [-0.2, 0) is 4.79 Å². The van der Waals surface area contributed by atoms with Gasteiger partial charge in [0.1, 0.15) is 0 Å². The van der Waals surface area contributed by atoms with Crippen molar-refractivity contribution < 1.29 is 4.79 Å². The summed E-state index contributed by atoms with van der Waals surface area (Å²) < 4.78 is 0. The lowest BCUT2D eigenvalue weighted by atomic mass is 10.1. The molecule has 2 aliphatic rings. The number of hydrogen-bond donors (Lipinski definition) is 2. The Balaban J connectivity index is 1.88. The Morgan fingerprint density at radius 3 is 2.86 bits per heavy atom. The first-order valence-corrected chi connectivity index (χ1v) is 5.58. The molecule has 1 amide bonds. The molecule has 0 spiro atoms. The van der Waals surface area contributed by atoms with Crippen LogP contribution in [0.1, 0.15) is 12.8 Å². The molecule has 2 heterocycles. The van der Waals surface area contributed by atoms with Gasteiger partial charge < -0.3 is 15.5 Å². The Kier molecular flexibility index (Phi) is 3.37. The molecule has 2 N–H and O–H groups in total. The largest absolute Gasteiger partial charge is 0.341 e. The van der Waals surface area contributed by atoms with Gasteiger partial charge in [0, 0.05) is 26.2 Å². The number of carbonyl (C=O) groups excluding carboxylic acids is 1. The zero-order chi connectivity index (χ0) is 9.80. The second kappa shape index (κ2) is 4.75. The summed E-state index contributed by atoms with van der Waals surface area (Å²) in [5.74, 6) is 0.604. The fourth-order valence-corrected chi connectivity index (χ4v) is 2.19. The molecular formula is C10H19N3O. The monoisotopic (exact) mass is 197 g/mol. The summed E-state index contributed by atoms with van der Waals surface area (Å²) in [4.78, 5) is 14.0. The Bertz CT molecular complexity index is 194. The van der Waals surface area contributed by atoms with Crippen molar-refractivity contribution in [2.75, 3.05) is 39.3 Å². The Morgan fingerprint density at radius 2 is 2.07 bits per heavy atom. The van der Waals surface area contributed by atoms with Crippen molar-refractivity contribution in [3.8, 4) is 0 Å². The van der Waals surface area contributed by atoms with Gasteiger partial charge in [-0.15, -0.1) is 0 Å². The van der Waals surface area contributed by atoms with E-state index in [2.05, 4.69) is 10.6 Å². The summed E-state index contributed by atoms with van der Waals surface area (Å²) in [6.45, 7) is 5.70. The van der Waals surface area contributed by atoms with E-state index in [9.17, 15) is 4.79 Å². The molecule has 4 nitrogen and oxygen atoms in total. The summed E-state index contributed by atoms with van der Waals surface area (Å²) in [5.41, 5.74) is 0. The van der Waals surface area contributed by atoms with Crippen molar-refractivity contribution in [3.05, 3.63) is 0 Å². The molecule has 2 saturated heterocycles. The third-order valence-corrected chi connectivity index (χ3v) is 3.06. The first-order valence-electron chi connectivity index (χ1n) is 5.58. The predicted molar refractivity (Wildman–Crippen MR) is 55.0 cm³/mol. The van der Waals surface area contributed by atoms with Gasteiger partial charge >= 0.3 is 0 Å². The summed E-state index contributed by atoms with van der Waals surface area (Å²) in [6.07, 6.45) is 2.11. The summed E-state index contributed by atoms with van der Waals surface area (Å²) in [6, 6.07) is 0. The number of amides is 1. The highest BCUT2D eigenvalue weighted by molar-refractivity contribution is 5.79. The highest BCUT2D eigenvalue weighted by atomic mass is 16.2. The van der Waals surface area contributed by atoms with Crippen molar-refractivity contribution in [1.29, 1.82) is 0 Å². The van der Waals surface area contributed by atoms with Crippen LogP contribution in [0.3, 0.4) is 0 Å². The van der Waals surface area contributed by atoms with Gasteiger partial charge in [0.2, 0.25) is 5.91 Å². The average molecular weight is 197 g/mol. The van der Waals surface area contributed by atoms with E-state index in [0.29, 0.717) is 5.91 Å². The van der Waals surface area contributed by atoms with E-state index in [-0.39, 0.29) is 5.92 Å². The van der Waals surface area contributed by atoms with Gasteiger partial charge in [-0.1, -0.05) is 0 Å². The summed E-state index contributed by atoms with van der Waals surface area (Å²) in [7, 11) is 0. The standard InChI is InChI=1S/C10H19N3O/c14-10(9-2-4-12-8-9)13-6-1-3-11-5-7-13/h9,11-12H,1-8H2. The molecule has 2 aliphatic heterocycles. The highest BCUT2D eigenvalue weighted by Gasteiger charge is 2.27. The van der Waals surface area contributed by atoms with Gasteiger partial charge in [0.15, 0.2) is 0 Å². The van der Waals surface area contributed by atoms with Crippen LogP contribution in [0, 0.1) is 5.92 Å². The van der Waals surface area contributed by atoms with Gasteiger partial charge in [0.25, 0.3) is 0 Å². The molecule has 0 bridgehead atoms. The van der Waals surface area contributed by atoms with E-state index in [1.165, 1.54) is 0 Å². The third kappa shape index (κ3) is 2.25. The van der Waals surface area contributed by atoms with Gasteiger partial charge in [0.05, 0.1) is 5.92 Å². The quantitative estimate of drug-likeness (QED) is 0.591. The second-order valence-corrected chi connectivity index (χ2v) is 4.12. The maximum atomic E-state index is 12.0. The van der Waals surface area contributed by atoms with Gasteiger partial charge in [-0.2, -0.15) is 0 Å². The number of nitrogens with zero attached hydrogens (tertiary/aromatic N) is 1. The second-order valence-electron chi connectivity index (χ2n) is 4.12. The third-order valence-electron chi connectivity index (χ3n) is 3.06. The van der Waals surface area contributed by atoms with Crippen LogP contribution in [0.4, 0.5) is 0 Å². The topological polar surface area (TPSA) is 44.4 Å². The van der Waals surface area contributed by atoms with Crippen LogP contribution in [-0.4, -0.2) is 50.1 Å². The Hall–Kier alpha value is -0.610.